The molecule has 20 heavy (non-hydrogen) atoms. The van der Waals surface area contributed by atoms with Crippen molar-refractivity contribution in [3.8, 4) is 0 Å². The normalized spacial score (nSPS) is 10.1. The number of anilines is 4. The Kier molecular flexibility index (Phi) is 3.79. The van der Waals surface area contributed by atoms with Gasteiger partial charge in [-0.3, -0.25) is 4.79 Å². The molecule has 0 bridgehead atoms. The molecule has 0 saturated heterocycles. The van der Waals surface area contributed by atoms with E-state index in [0.29, 0.717) is 16.9 Å². The van der Waals surface area contributed by atoms with Gasteiger partial charge in [-0.25, -0.2) is 0 Å². The molecule has 0 radical (unpaired) electrons. The Morgan fingerprint density at radius 2 is 1.90 bits per heavy atom. The minimum absolute atomic E-state index is 0.375. The SMILES string of the molecule is CN(C)c1cccc(Nc2ccc(N)cc2C(N)=O)c1. The third kappa shape index (κ3) is 3.00. The van der Waals surface area contributed by atoms with Crippen molar-refractivity contribution in [3.63, 3.8) is 0 Å². The van der Waals surface area contributed by atoms with Gasteiger partial charge in [-0.05, 0) is 36.4 Å². The van der Waals surface area contributed by atoms with Crippen molar-refractivity contribution in [1.82, 2.24) is 0 Å². The average molecular weight is 270 g/mol. The highest BCUT2D eigenvalue weighted by Crippen LogP contribution is 2.25. The van der Waals surface area contributed by atoms with Crippen molar-refractivity contribution < 1.29 is 4.79 Å². The predicted molar refractivity (Wildman–Crippen MR) is 83.4 cm³/mol. The van der Waals surface area contributed by atoms with Crippen LogP contribution in [0.3, 0.4) is 0 Å². The Labute approximate surface area is 118 Å². The minimum Gasteiger partial charge on any atom is -0.399 e. The van der Waals surface area contributed by atoms with E-state index in [1.807, 2.05) is 43.3 Å². The zero-order chi connectivity index (χ0) is 14.7. The summed E-state index contributed by atoms with van der Waals surface area (Å²) in [7, 11) is 3.94. The summed E-state index contributed by atoms with van der Waals surface area (Å²) in [6.45, 7) is 0. The molecule has 5 N–H and O–H groups in total. The van der Waals surface area contributed by atoms with Crippen molar-refractivity contribution in [2.45, 2.75) is 0 Å². The molecule has 0 spiro atoms. The summed E-state index contributed by atoms with van der Waals surface area (Å²) in [6.07, 6.45) is 0. The van der Waals surface area contributed by atoms with Crippen molar-refractivity contribution in [3.05, 3.63) is 48.0 Å². The summed E-state index contributed by atoms with van der Waals surface area (Å²) in [5.41, 5.74) is 14.5. The maximum atomic E-state index is 11.5. The molecule has 1 amide bonds. The van der Waals surface area contributed by atoms with E-state index < -0.39 is 5.91 Å². The number of nitrogens with two attached hydrogens (primary N) is 2. The number of primary amides is 1. The largest absolute Gasteiger partial charge is 0.399 e. The molecule has 0 aliphatic heterocycles. The molecule has 0 atom stereocenters. The summed E-state index contributed by atoms with van der Waals surface area (Å²) >= 11 is 0. The molecule has 104 valence electrons. The number of hydrogen-bond donors (Lipinski definition) is 3. The Bertz CT molecular complexity index is 638. The van der Waals surface area contributed by atoms with Gasteiger partial charge in [-0.15, -0.1) is 0 Å². The van der Waals surface area contributed by atoms with Gasteiger partial charge in [-0.1, -0.05) is 6.07 Å². The van der Waals surface area contributed by atoms with E-state index in [-0.39, 0.29) is 0 Å². The Morgan fingerprint density at radius 3 is 2.55 bits per heavy atom. The zero-order valence-electron chi connectivity index (χ0n) is 11.6. The lowest BCUT2D eigenvalue weighted by Crippen LogP contribution is -2.14. The zero-order valence-corrected chi connectivity index (χ0v) is 11.6. The minimum atomic E-state index is -0.511. The topological polar surface area (TPSA) is 84.4 Å². The van der Waals surface area contributed by atoms with Gasteiger partial charge in [0.2, 0.25) is 0 Å². The van der Waals surface area contributed by atoms with E-state index in [1.165, 1.54) is 0 Å². The summed E-state index contributed by atoms with van der Waals surface area (Å²) in [6, 6.07) is 12.9. The second-order valence-corrected chi connectivity index (χ2v) is 4.74. The molecule has 5 nitrogen and oxygen atoms in total. The highest BCUT2D eigenvalue weighted by atomic mass is 16.1. The van der Waals surface area contributed by atoms with Gasteiger partial charge in [0.05, 0.1) is 11.3 Å². The van der Waals surface area contributed by atoms with Crippen LogP contribution in [0.5, 0.6) is 0 Å². The molecule has 0 saturated carbocycles. The quantitative estimate of drug-likeness (QED) is 0.743. The van der Waals surface area contributed by atoms with E-state index in [2.05, 4.69) is 5.32 Å². The molecule has 2 aromatic rings. The Balaban J connectivity index is 2.35. The van der Waals surface area contributed by atoms with Crippen molar-refractivity contribution in [1.29, 1.82) is 0 Å². The first-order valence-electron chi connectivity index (χ1n) is 6.21. The standard InChI is InChI=1S/C15H18N4O/c1-19(2)12-5-3-4-11(9-12)18-14-7-6-10(16)8-13(14)15(17)20/h3-9,18H,16H2,1-2H3,(H2,17,20). The molecule has 0 fully saturated rings. The van der Waals surface area contributed by atoms with Gasteiger partial charge in [-0.2, -0.15) is 0 Å². The summed E-state index contributed by atoms with van der Waals surface area (Å²) in [5, 5.41) is 3.19. The van der Waals surface area contributed by atoms with Gasteiger partial charge < -0.3 is 21.7 Å². The fourth-order valence-corrected chi connectivity index (χ4v) is 1.89. The van der Waals surface area contributed by atoms with Crippen LogP contribution in [0.25, 0.3) is 0 Å². The Morgan fingerprint density at radius 1 is 1.15 bits per heavy atom. The first-order chi connectivity index (χ1) is 9.47. The van der Waals surface area contributed by atoms with Crippen molar-refractivity contribution in [2.24, 2.45) is 5.73 Å². The van der Waals surface area contributed by atoms with Crippen LogP contribution in [0.15, 0.2) is 42.5 Å². The van der Waals surface area contributed by atoms with Crippen LogP contribution < -0.4 is 21.7 Å². The molecular weight excluding hydrogens is 252 g/mol. The molecule has 0 aliphatic rings. The van der Waals surface area contributed by atoms with Crippen LogP contribution in [0.1, 0.15) is 10.4 Å². The predicted octanol–water partition coefficient (Wildman–Crippen LogP) is 2.18. The van der Waals surface area contributed by atoms with Gasteiger partial charge in [0.15, 0.2) is 0 Å². The first-order valence-corrected chi connectivity index (χ1v) is 6.21. The van der Waals surface area contributed by atoms with Gasteiger partial charge >= 0.3 is 0 Å². The van der Waals surface area contributed by atoms with Crippen molar-refractivity contribution in [2.75, 3.05) is 30.0 Å². The number of carbonyl (C=O) groups excluding carboxylic acids is 1. The first kappa shape index (κ1) is 13.7. The molecule has 2 aromatic carbocycles. The number of nitrogens with zero attached hydrogens (tertiary/aromatic N) is 1. The maximum absolute atomic E-state index is 11.5. The van der Waals surface area contributed by atoms with Crippen LogP contribution in [0, 0.1) is 0 Å². The summed E-state index contributed by atoms with van der Waals surface area (Å²) in [5.74, 6) is -0.511. The summed E-state index contributed by atoms with van der Waals surface area (Å²) < 4.78 is 0. The molecule has 0 aliphatic carbocycles. The number of amides is 1. The maximum Gasteiger partial charge on any atom is 0.250 e. The molecule has 2 rings (SSSR count). The second kappa shape index (κ2) is 5.52. The molecular formula is C15H18N4O. The molecule has 0 aromatic heterocycles. The monoisotopic (exact) mass is 270 g/mol. The average Bonchev–Trinajstić information content (AvgIpc) is 2.41. The highest BCUT2D eigenvalue weighted by molar-refractivity contribution is 6.00. The Hall–Kier alpha value is -2.69. The molecule has 5 heteroatoms. The van der Waals surface area contributed by atoms with E-state index >= 15 is 0 Å². The van der Waals surface area contributed by atoms with Crippen LogP contribution in [-0.2, 0) is 0 Å². The number of carbonyl (C=O) groups is 1. The lowest BCUT2D eigenvalue weighted by Gasteiger charge is -2.15. The van der Waals surface area contributed by atoms with E-state index in [1.54, 1.807) is 18.2 Å². The third-order valence-electron chi connectivity index (χ3n) is 2.95. The third-order valence-corrected chi connectivity index (χ3v) is 2.95. The molecule has 0 heterocycles. The number of rotatable bonds is 4. The molecule has 0 unspecified atom stereocenters. The number of nitrogens with one attached hydrogen (secondary N) is 1. The van der Waals surface area contributed by atoms with E-state index in [4.69, 9.17) is 11.5 Å². The van der Waals surface area contributed by atoms with Gasteiger partial charge in [0, 0.05) is 31.2 Å². The fourth-order valence-electron chi connectivity index (χ4n) is 1.89. The fraction of sp³-hybridized carbons (Fsp3) is 0.133. The smallest absolute Gasteiger partial charge is 0.250 e. The summed E-state index contributed by atoms with van der Waals surface area (Å²) in [4.78, 5) is 13.5. The lowest BCUT2D eigenvalue weighted by molar-refractivity contribution is 0.100. The number of hydrogen-bond acceptors (Lipinski definition) is 4. The van der Waals surface area contributed by atoms with Crippen LogP contribution in [-0.4, -0.2) is 20.0 Å². The second-order valence-electron chi connectivity index (χ2n) is 4.74. The van der Waals surface area contributed by atoms with E-state index in [0.717, 1.165) is 11.4 Å². The van der Waals surface area contributed by atoms with Crippen LogP contribution in [0.4, 0.5) is 22.7 Å². The van der Waals surface area contributed by atoms with Crippen LogP contribution in [0.2, 0.25) is 0 Å². The lowest BCUT2D eigenvalue weighted by atomic mass is 10.1. The number of benzene rings is 2. The van der Waals surface area contributed by atoms with E-state index in [9.17, 15) is 4.79 Å². The van der Waals surface area contributed by atoms with Gasteiger partial charge in [0.1, 0.15) is 0 Å². The van der Waals surface area contributed by atoms with Crippen LogP contribution >= 0.6 is 0 Å². The highest BCUT2D eigenvalue weighted by Gasteiger charge is 2.09. The number of nitrogen functional groups attached to an aromatic ring is 1. The van der Waals surface area contributed by atoms with Gasteiger partial charge in [0.25, 0.3) is 5.91 Å². The van der Waals surface area contributed by atoms with Crippen molar-refractivity contribution >= 4 is 28.7 Å².